The Kier molecular flexibility index (Phi) is 5.27. The first-order valence-electron chi connectivity index (χ1n) is 10.6. The summed E-state index contributed by atoms with van der Waals surface area (Å²) in [6.45, 7) is 0. The number of methoxy groups -OCH3 is 1. The molecule has 2 fully saturated rings. The first-order valence-corrected chi connectivity index (χ1v) is 11.0. The van der Waals surface area contributed by atoms with Crippen LogP contribution in [0.4, 0.5) is 5.69 Å². The second-order valence-corrected chi connectivity index (χ2v) is 8.63. The van der Waals surface area contributed by atoms with Gasteiger partial charge in [-0.15, -0.1) is 0 Å². The number of hydrogen-bond donors (Lipinski definition) is 1. The van der Waals surface area contributed by atoms with Crippen LogP contribution in [0.5, 0.6) is 0 Å². The Morgan fingerprint density at radius 3 is 2.12 bits per heavy atom. The van der Waals surface area contributed by atoms with Gasteiger partial charge in [-0.25, -0.2) is 9.69 Å². The van der Waals surface area contributed by atoms with Crippen LogP contribution in [0.15, 0.2) is 84.9 Å². The van der Waals surface area contributed by atoms with Crippen LogP contribution in [0, 0.1) is 11.8 Å². The van der Waals surface area contributed by atoms with Gasteiger partial charge in [-0.3, -0.25) is 14.9 Å². The zero-order valence-electron chi connectivity index (χ0n) is 17.8. The lowest BCUT2D eigenvalue weighted by molar-refractivity contribution is -0.152. The number of rotatable bonds is 4. The normalized spacial score (nSPS) is 26.4. The SMILES string of the molecule is COC(=O)[C@]1(c2ccccc2)N[C@@H](c2ccccc2)[C@H]2C(=O)N(c3ccc(Cl)cc3)C(=O)[C@H]21. The Bertz CT molecular complexity index is 1220. The van der Waals surface area contributed by atoms with Crippen LogP contribution in [0.3, 0.4) is 0 Å². The second-order valence-electron chi connectivity index (χ2n) is 8.19. The standard InChI is InChI=1S/C26H21ClN2O4/c1-33-25(32)26(17-10-6-3-7-11-17)21-20(22(28-26)16-8-4-2-5-9-16)23(30)29(24(21)31)19-14-12-18(27)13-15-19/h2-15,20-22,28H,1H3/t20-,21-,22-,26+/m0/s1. The summed E-state index contributed by atoms with van der Waals surface area (Å²) in [5, 5.41) is 3.86. The predicted octanol–water partition coefficient (Wildman–Crippen LogP) is 3.86. The zero-order chi connectivity index (χ0) is 23.2. The summed E-state index contributed by atoms with van der Waals surface area (Å²) in [5.74, 6) is -3.21. The molecule has 1 N–H and O–H groups in total. The number of carbonyl (C=O) groups is 3. The van der Waals surface area contributed by atoms with Gasteiger partial charge in [0, 0.05) is 11.1 Å². The molecule has 3 aromatic carbocycles. The van der Waals surface area contributed by atoms with Crippen LogP contribution in [-0.4, -0.2) is 24.9 Å². The van der Waals surface area contributed by atoms with E-state index < -0.39 is 35.3 Å². The van der Waals surface area contributed by atoms with Crippen molar-refractivity contribution in [1.29, 1.82) is 0 Å². The quantitative estimate of drug-likeness (QED) is 0.472. The van der Waals surface area contributed by atoms with Crippen LogP contribution in [-0.2, 0) is 24.7 Å². The largest absolute Gasteiger partial charge is 0.467 e. The van der Waals surface area contributed by atoms with E-state index in [9.17, 15) is 14.4 Å². The van der Waals surface area contributed by atoms with Crippen molar-refractivity contribution in [3.63, 3.8) is 0 Å². The van der Waals surface area contributed by atoms with E-state index in [1.54, 1.807) is 48.5 Å². The van der Waals surface area contributed by atoms with Gasteiger partial charge in [0.25, 0.3) is 0 Å². The summed E-state index contributed by atoms with van der Waals surface area (Å²) >= 11 is 6.02. The summed E-state index contributed by atoms with van der Waals surface area (Å²) in [6.07, 6.45) is 0. The van der Waals surface area contributed by atoms with E-state index in [1.165, 1.54) is 12.0 Å². The highest BCUT2D eigenvalue weighted by atomic mass is 35.5. The summed E-state index contributed by atoms with van der Waals surface area (Å²) in [5.41, 5.74) is 0.287. The molecular formula is C26H21ClN2O4. The van der Waals surface area contributed by atoms with Gasteiger partial charge in [0.1, 0.15) is 0 Å². The van der Waals surface area contributed by atoms with Gasteiger partial charge in [-0.05, 0) is 35.4 Å². The van der Waals surface area contributed by atoms with Crippen molar-refractivity contribution in [2.45, 2.75) is 11.6 Å². The fraction of sp³-hybridized carbons (Fsp3) is 0.192. The minimum absolute atomic E-state index is 0.365. The van der Waals surface area contributed by atoms with Gasteiger partial charge < -0.3 is 4.74 Å². The van der Waals surface area contributed by atoms with E-state index in [4.69, 9.17) is 16.3 Å². The number of amides is 2. The van der Waals surface area contributed by atoms with Crippen LogP contribution >= 0.6 is 11.6 Å². The van der Waals surface area contributed by atoms with Crippen LogP contribution in [0.2, 0.25) is 5.02 Å². The number of imide groups is 1. The Hall–Kier alpha value is -3.48. The molecular weight excluding hydrogens is 440 g/mol. The molecule has 166 valence electrons. The topological polar surface area (TPSA) is 75.7 Å². The number of nitrogens with one attached hydrogen (secondary N) is 1. The molecule has 2 amide bonds. The van der Waals surface area contributed by atoms with E-state index >= 15 is 0 Å². The lowest BCUT2D eigenvalue weighted by Crippen LogP contribution is -2.53. The Balaban J connectivity index is 1.72. The molecule has 0 saturated carbocycles. The van der Waals surface area contributed by atoms with Gasteiger partial charge >= 0.3 is 5.97 Å². The van der Waals surface area contributed by atoms with Crippen LogP contribution in [0.1, 0.15) is 17.2 Å². The highest BCUT2D eigenvalue weighted by Crippen LogP contribution is 2.54. The molecule has 0 radical (unpaired) electrons. The van der Waals surface area contributed by atoms with Gasteiger partial charge in [-0.1, -0.05) is 72.3 Å². The molecule has 0 bridgehead atoms. The molecule has 0 aliphatic carbocycles. The van der Waals surface area contributed by atoms with Crippen molar-refractivity contribution in [2.24, 2.45) is 11.8 Å². The monoisotopic (exact) mass is 460 g/mol. The van der Waals surface area contributed by atoms with Gasteiger partial charge in [0.15, 0.2) is 5.54 Å². The predicted molar refractivity (Wildman–Crippen MR) is 123 cm³/mol. The number of carbonyl (C=O) groups excluding carboxylic acids is 3. The fourth-order valence-corrected chi connectivity index (χ4v) is 5.26. The van der Waals surface area contributed by atoms with E-state index in [0.29, 0.717) is 16.3 Å². The van der Waals surface area contributed by atoms with Gasteiger partial charge in [-0.2, -0.15) is 0 Å². The third-order valence-corrected chi connectivity index (χ3v) is 6.79. The van der Waals surface area contributed by atoms with Crippen molar-refractivity contribution >= 4 is 35.1 Å². The number of ether oxygens (including phenoxy) is 1. The van der Waals surface area contributed by atoms with Crippen molar-refractivity contribution in [2.75, 3.05) is 12.0 Å². The van der Waals surface area contributed by atoms with Crippen LogP contribution < -0.4 is 10.2 Å². The second kappa shape index (κ2) is 8.14. The fourth-order valence-electron chi connectivity index (χ4n) is 5.13. The van der Waals surface area contributed by atoms with Gasteiger partial charge in [0.2, 0.25) is 11.8 Å². The number of anilines is 1. The number of nitrogens with zero attached hydrogens (tertiary/aromatic N) is 1. The molecule has 7 heteroatoms. The molecule has 2 saturated heterocycles. The van der Waals surface area contributed by atoms with Gasteiger partial charge in [0.05, 0.1) is 24.6 Å². The molecule has 4 atom stereocenters. The van der Waals surface area contributed by atoms with Crippen molar-refractivity contribution in [1.82, 2.24) is 5.32 Å². The van der Waals surface area contributed by atoms with E-state index in [2.05, 4.69) is 5.32 Å². The maximum atomic E-state index is 13.9. The van der Waals surface area contributed by atoms with Crippen molar-refractivity contribution in [3.05, 3.63) is 101 Å². The molecule has 5 rings (SSSR count). The Morgan fingerprint density at radius 2 is 1.52 bits per heavy atom. The maximum absolute atomic E-state index is 13.9. The van der Waals surface area contributed by atoms with E-state index in [1.807, 2.05) is 36.4 Å². The minimum atomic E-state index is -1.52. The first-order chi connectivity index (χ1) is 16.0. The Morgan fingerprint density at radius 1 is 0.909 bits per heavy atom. The summed E-state index contributed by atoms with van der Waals surface area (Å²) < 4.78 is 5.22. The highest BCUT2D eigenvalue weighted by molar-refractivity contribution is 6.31. The molecule has 0 aromatic heterocycles. The summed E-state index contributed by atoms with van der Waals surface area (Å²) in [6, 6.07) is 24.3. The lowest BCUT2D eigenvalue weighted by Gasteiger charge is -2.33. The summed E-state index contributed by atoms with van der Waals surface area (Å²) in [4.78, 5) is 42.3. The molecule has 33 heavy (non-hydrogen) atoms. The molecule has 2 heterocycles. The number of hydrogen-bond acceptors (Lipinski definition) is 5. The van der Waals surface area contributed by atoms with E-state index in [-0.39, 0.29) is 5.91 Å². The van der Waals surface area contributed by atoms with Crippen molar-refractivity contribution < 1.29 is 19.1 Å². The van der Waals surface area contributed by atoms with Crippen LogP contribution in [0.25, 0.3) is 0 Å². The maximum Gasteiger partial charge on any atom is 0.331 e. The molecule has 2 aliphatic rings. The number of esters is 1. The van der Waals surface area contributed by atoms with E-state index in [0.717, 1.165) is 5.56 Å². The molecule has 3 aromatic rings. The summed E-state index contributed by atoms with van der Waals surface area (Å²) in [7, 11) is 1.29. The van der Waals surface area contributed by atoms with Crippen molar-refractivity contribution in [3.8, 4) is 0 Å². The minimum Gasteiger partial charge on any atom is -0.467 e. The molecule has 2 aliphatic heterocycles. The molecule has 0 unspecified atom stereocenters. The average Bonchev–Trinajstić information content (AvgIpc) is 3.35. The number of halogens is 1. The molecule has 0 spiro atoms. The third kappa shape index (κ3) is 3.17. The Labute approximate surface area is 196 Å². The zero-order valence-corrected chi connectivity index (χ0v) is 18.5. The first kappa shape index (κ1) is 21.4. The third-order valence-electron chi connectivity index (χ3n) is 6.54. The smallest absolute Gasteiger partial charge is 0.331 e. The number of benzene rings is 3. The average molecular weight is 461 g/mol. The lowest BCUT2D eigenvalue weighted by atomic mass is 9.75. The molecule has 6 nitrogen and oxygen atoms in total. The highest BCUT2D eigenvalue weighted by Gasteiger charge is 2.69. The number of fused-ring (bicyclic) bond motifs is 1.